The standard InChI is InChI=1S/C20H17FN2O2S/c1-13(16-5-3-4-6-17(16)25-2)11-18(24)23-20-19(22-12-26-20)14-7-9-15(21)10-8-14/h3-12H,1-2H3,(H,23,24). The number of nitrogens with zero attached hydrogens (tertiary/aromatic N) is 1. The second kappa shape index (κ2) is 7.93. The minimum absolute atomic E-state index is 0.263. The summed E-state index contributed by atoms with van der Waals surface area (Å²) in [4.78, 5) is 16.7. The summed E-state index contributed by atoms with van der Waals surface area (Å²) in [6.45, 7) is 1.85. The molecule has 3 aromatic rings. The highest BCUT2D eigenvalue weighted by Gasteiger charge is 2.12. The zero-order valence-electron chi connectivity index (χ0n) is 14.3. The second-order valence-electron chi connectivity index (χ2n) is 5.55. The third-order valence-corrected chi connectivity index (χ3v) is 4.54. The van der Waals surface area contributed by atoms with Gasteiger partial charge in [-0.05, 0) is 42.8 Å². The number of aromatic nitrogens is 1. The predicted molar refractivity (Wildman–Crippen MR) is 103 cm³/mol. The lowest BCUT2D eigenvalue weighted by Crippen LogP contribution is -2.08. The number of carbonyl (C=O) groups excluding carboxylic acids is 1. The number of hydrogen-bond acceptors (Lipinski definition) is 4. The molecule has 1 aromatic heterocycles. The van der Waals surface area contributed by atoms with Gasteiger partial charge in [0.1, 0.15) is 22.3 Å². The number of rotatable bonds is 5. The van der Waals surface area contributed by atoms with Crippen LogP contribution in [0.5, 0.6) is 5.75 Å². The van der Waals surface area contributed by atoms with E-state index in [0.717, 1.165) is 16.7 Å². The first kappa shape index (κ1) is 17.8. The summed E-state index contributed by atoms with van der Waals surface area (Å²) in [6.07, 6.45) is 1.52. The van der Waals surface area contributed by atoms with Gasteiger partial charge in [0.15, 0.2) is 0 Å². The molecule has 2 aromatic carbocycles. The topological polar surface area (TPSA) is 51.2 Å². The van der Waals surface area contributed by atoms with Crippen LogP contribution in [0.1, 0.15) is 12.5 Å². The lowest BCUT2D eigenvalue weighted by Gasteiger charge is -2.08. The van der Waals surface area contributed by atoms with Gasteiger partial charge in [-0.1, -0.05) is 18.2 Å². The van der Waals surface area contributed by atoms with Crippen molar-refractivity contribution < 1.29 is 13.9 Å². The molecule has 0 saturated carbocycles. The van der Waals surface area contributed by atoms with E-state index in [9.17, 15) is 9.18 Å². The number of benzene rings is 2. The van der Waals surface area contributed by atoms with Crippen molar-refractivity contribution in [3.8, 4) is 17.0 Å². The number of ether oxygens (including phenoxy) is 1. The molecule has 3 rings (SSSR count). The summed E-state index contributed by atoms with van der Waals surface area (Å²) < 4.78 is 18.4. The molecular weight excluding hydrogens is 351 g/mol. The van der Waals surface area contributed by atoms with Crippen molar-refractivity contribution in [2.75, 3.05) is 12.4 Å². The summed E-state index contributed by atoms with van der Waals surface area (Å²) in [6, 6.07) is 13.5. The highest BCUT2D eigenvalue weighted by atomic mass is 32.1. The molecule has 0 spiro atoms. The number of methoxy groups -OCH3 is 1. The fourth-order valence-corrected chi connectivity index (χ4v) is 3.25. The Kier molecular flexibility index (Phi) is 5.43. The Bertz CT molecular complexity index is 948. The summed E-state index contributed by atoms with van der Waals surface area (Å²) >= 11 is 1.32. The minimum Gasteiger partial charge on any atom is -0.496 e. The van der Waals surface area contributed by atoms with Crippen LogP contribution in [0.2, 0.25) is 0 Å². The molecule has 0 radical (unpaired) electrons. The van der Waals surface area contributed by atoms with Gasteiger partial charge >= 0.3 is 0 Å². The maximum atomic E-state index is 13.1. The molecule has 0 fully saturated rings. The Labute approximate surface area is 155 Å². The highest BCUT2D eigenvalue weighted by molar-refractivity contribution is 7.14. The molecule has 26 heavy (non-hydrogen) atoms. The number of thiazole rings is 1. The Morgan fingerprint density at radius 3 is 2.65 bits per heavy atom. The van der Waals surface area contributed by atoms with Crippen LogP contribution in [-0.2, 0) is 4.79 Å². The van der Waals surface area contributed by atoms with Crippen molar-refractivity contribution in [2.45, 2.75) is 6.92 Å². The van der Waals surface area contributed by atoms with E-state index in [2.05, 4.69) is 10.3 Å². The number of para-hydroxylation sites is 1. The third kappa shape index (κ3) is 3.97. The van der Waals surface area contributed by atoms with Gasteiger partial charge in [-0.25, -0.2) is 9.37 Å². The van der Waals surface area contributed by atoms with Crippen LogP contribution in [0.15, 0.2) is 60.1 Å². The van der Waals surface area contributed by atoms with Gasteiger partial charge < -0.3 is 10.1 Å². The first-order valence-electron chi connectivity index (χ1n) is 7.90. The molecule has 1 amide bonds. The molecule has 0 unspecified atom stereocenters. The number of halogens is 1. The Balaban J connectivity index is 1.81. The van der Waals surface area contributed by atoms with E-state index in [0.29, 0.717) is 16.4 Å². The monoisotopic (exact) mass is 368 g/mol. The summed E-state index contributed by atoms with van der Waals surface area (Å²) in [7, 11) is 1.60. The quantitative estimate of drug-likeness (QED) is 0.645. The predicted octanol–water partition coefficient (Wildman–Crippen LogP) is 5.00. The number of nitrogens with one attached hydrogen (secondary N) is 1. The van der Waals surface area contributed by atoms with E-state index < -0.39 is 0 Å². The molecular formula is C20H17FN2O2S. The maximum Gasteiger partial charge on any atom is 0.249 e. The lowest BCUT2D eigenvalue weighted by molar-refractivity contribution is -0.111. The lowest BCUT2D eigenvalue weighted by atomic mass is 10.1. The van der Waals surface area contributed by atoms with Gasteiger partial charge in [0.2, 0.25) is 5.91 Å². The van der Waals surface area contributed by atoms with Gasteiger partial charge in [0.25, 0.3) is 0 Å². The number of carbonyl (C=O) groups is 1. The van der Waals surface area contributed by atoms with E-state index in [-0.39, 0.29) is 11.7 Å². The minimum atomic E-state index is -0.315. The molecule has 0 bridgehead atoms. The number of allylic oxidation sites excluding steroid dienone is 1. The smallest absolute Gasteiger partial charge is 0.249 e. The first-order chi connectivity index (χ1) is 12.6. The molecule has 0 aliphatic carbocycles. The Morgan fingerprint density at radius 2 is 1.92 bits per heavy atom. The van der Waals surface area contributed by atoms with Crippen LogP contribution in [0.25, 0.3) is 16.8 Å². The molecule has 1 N–H and O–H groups in total. The van der Waals surface area contributed by atoms with E-state index >= 15 is 0 Å². The number of amides is 1. The molecule has 0 saturated heterocycles. The van der Waals surface area contributed by atoms with Crippen molar-refractivity contribution in [3.05, 3.63) is 71.5 Å². The van der Waals surface area contributed by atoms with E-state index in [1.807, 2.05) is 31.2 Å². The SMILES string of the molecule is COc1ccccc1C(C)=CC(=O)Nc1scnc1-c1ccc(F)cc1. The summed E-state index contributed by atoms with van der Waals surface area (Å²) in [5.41, 5.74) is 4.64. The highest BCUT2D eigenvalue weighted by Crippen LogP contribution is 2.31. The summed E-state index contributed by atoms with van der Waals surface area (Å²) in [5.74, 6) is 0.129. The fourth-order valence-electron chi connectivity index (χ4n) is 2.54. The van der Waals surface area contributed by atoms with Crippen molar-refractivity contribution >= 4 is 27.8 Å². The van der Waals surface area contributed by atoms with Crippen molar-refractivity contribution in [1.29, 1.82) is 0 Å². The van der Waals surface area contributed by atoms with Gasteiger partial charge in [0.05, 0.1) is 12.6 Å². The molecule has 0 atom stereocenters. The molecule has 0 aliphatic heterocycles. The zero-order chi connectivity index (χ0) is 18.5. The third-order valence-electron chi connectivity index (χ3n) is 3.80. The van der Waals surface area contributed by atoms with Crippen LogP contribution < -0.4 is 10.1 Å². The largest absolute Gasteiger partial charge is 0.496 e. The number of hydrogen-bond donors (Lipinski definition) is 1. The van der Waals surface area contributed by atoms with E-state index in [1.54, 1.807) is 24.8 Å². The van der Waals surface area contributed by atoms with Crippen molar-refractivity contribution in [1.82, 2.24) is 4.98 Å². The van der Waals surface area contributed by atoms with Gasteiger partial charge in [-0.3, -0.25) is 4.79 Å². The van der Waals surface area contributed by atoms with Crippen LogP contribution in [0, 0.1) is 5.82 Å². The van der Waals surface area contributed by atoms with Crippen LogP contribution in [-0.4, -0.2) is 18.0 Å². The molecule has 132 valence electrons. The van der Waals surface area contributed by atoms with E-state index in [4.69, 9.17) is 4.74 Å². The van der Waals surface area contributed by atoms with Crippen molar-refractivity contribution in [3.63, 3.8) is 0 Å². The molecule has 4 nitrogen and oxygen atoms in total. The van der Waals surface area contributed by atoms with Gasteiger partial charge in [0, 0.05) is 17.2 Å². The Morgan fingerprint density at radius 1 is 1.19 bits per heavy atom. The molecule has 6 heteroatoms. The van der Waals surface area contributed by atoms with Gasteiger partial charge in [-0.15, -0.1) is 11.3 Å². The second-order valence-corrected chi connectivity index (χ2v) is 6.41. The van der Waals surface area contributed by atoms with Crippen LogP contribution in [0.3, 0.4) is 0 Å². The molecule has 1 heterocycles. The fraction of sp³-hybridized carbons (Fsp3) is 0.100. The van der Waals surface area contributed by atoms with Crippen molar-refractivity contribution in [2.24, 2.45) is 0 Å². The molecule has 0 aliphatic rings. The summed E-state index contributed by atoms with van der Waals surface area (Å²) in [5, 5.41) is 3.46. The first-order valence-corrected chi connectivity index (χ1v) is 8.78. The van der Waals surface area contributed by atoms with Crippen LogP contribution in [0.4, 0.5) is 9.39 Å². The average Bonchev–Trinajstić information content (AvgIpc) is 3.10. The van der Waals surface area contributed by atoms with Gasteiger partial charge in [-0.2, -0.15) is 0 Å². The maximum absolute atomic E-state index is 13.1. The number of anilines is 1. The zero-order valence-corrected chi connectivity index (χ0v) is 15.1. The Hall–Kier alpha value is -2.99. The van der Waals surface area contributed by atoms with E-state index in [1.165, 1.54) is 29.5 Å². The normalized spacial score (nSPS) is 11.3. The average molecular weight is 368 g/mol. The van der Waals surface area contributed by atoms with Crippen LogP contribution >= 0.6 is 11.3 Å².